The zero-order chi connectivity index (χ0) is 15.3. The summed E-state index contributed by atoms with van der Waals surface area (Å²) < 4.78 is -0.396. The van der Waals surface area contributed by atoms with E-state index in [2.05, 4.69) is 6.92 Å². The molecule has 20 heavy (non-hydrogen) atoms. The number of quaternary nitrogens is 1. The van der Waals surface area contributed by atoms with Gasteiger partial charge in [0.15, 0.2) is 5.78 Å². The van der Waals surface area contributed by atoms with Crippen LogP contribution in [0.25, 0.3) is 0 Å². The van der Waals surface area contributed by atoms with Crippen LogP contribution >= 0.6 is 0 Å². The van der Waals surface area contributed by atoms with Gasteiger partial charge >= 0.3 is 0 Å². The first-order valence-corrected chi connectivity index (χ1v) is 8.59. The van der Waals surface area contributed by atoms with E-state index < -0.39 is 4.65 Å². The van der Waals surface area contributed by atoms with Crippen molar-refractivity contribution in [2.45, 2.75) is 84.5 Å². The van der Waals surface area contributed by atoms with Crippen LogP contribution in [0, 0.1) is 5.21 Å². The standard InChI is InChI=1S/C17H35NO2/c1-4-6-7-8-9-10-11-12-13-14-17(19)16-18(3,20)15-5-2/h4-16H2,1-3H3. The Morgan fingerprint density at radius 1 is 0.850 bits per heavy atom. The van der Waals surface area contributed by atoms with Gasteiger partial charge in [-0.1, -0.05) is 65.2 Å². The van der Waals surface area contributed by atoms with Crippen molar-refractivity contribution >= 4 is 5.78 Å². The molecule has 0 saturated heterocycles. The molecular formula is C17H35NO2. The Hall–Kier alpha value is -0.410. The van der Waals surface area contributed by atoms with Crippen LogP contribution in [0.2, 0.25) is 0 Å². The number of nitrogens with zero attached hydrogens (tertiary/aromatic N) is 1. The summed E-state index contributed by atoms with van der Waals surface area (Å²) in [7, 11) is 1.61. The fourth-order valence-corrected chi connectivity index (χ4v) is 2.64. The lowest BCUT2D eigenvalue weighted by molar-refractivity contribution is -0.852. The minimum Gasteiger partial charge on any atom is -0.633 e. The molecule has 0 saturated carbocycles. The molecule has 0 bridgehead atoms. The molecule has 3 nitrogen and oxygen atoms in total. The van der Waals surface area contributed by atoms with E-state index in [1.807, 2.05) is 6.92 Å². The predicted molar refractivity (Wildman–Crippen MR) is 86.4 cm³/mol. The number of hydrogen-bond donors (Lipinski definition) is 0. The van der Waals surface area contributed by atoms with Crippen LogP contribution in [0.4, 0.5) is 0 Å². The molecule has 0 fully saturated rings. The molecule has 0 aliphatic rings. The molecule has 1 atom stereocenters. The van der Waals surface area contributed by atoms with Gasteiger partial charge in [-0.3, -0.25) is 4.79 Å². The third kappa shape index (κ3) is 12.6. The van der Waals surface area contributed by atoms with E-state index in [4.69, 9.17) is 0 Å². The van der Waals surface area contributed by atoms with Gasteiger partial charge in [0.1, 0.15) is 6.54 Å². The number of carbonyl (C=O) groups is 1. The Morgan fingerprint density at radius 2 is 1.35 bits per heavy atom. The maximum atomic E-state index is 11.9. The number of hydrogen-bond acceptors (Lipinski definition) is 2. The normalized spacial score (nSPS) is 14.2. The van der Waals surface area contributed by atoms with Crippen molar-refractivity contribution in [1.29, 1.82) is 0 Å². The largest absolute Gasteiger partial charge is 0.633 e. The summed E-state index contributed by atoms with van der Waals surface area (Å²) in [5.41, 5.74) is 0. The Bertz CT molecular complexity index is 239. The van der Waals surface area contributed by atoms with Gasteiger partial charge in [0.05, 0.1) is 13.6 Å². The van der Waals surface area contributed by atoms with E-state index >= 15 is 0 Å². The minimum atomic E-state index is -0.396. The van der Waals surface area contributed by atoms with Crippen molar-refractivity contribution in [3.8, 4) is 0 Å². The van der Waals surface area contributed by atoms with Gasteiger partial charge in [0.25, 0.3) is 0 Å². The Kier molecular flexibility index (Phi) is 12.1. The highest BCUT2D eigenvalue weighted by atomic mass is 16.5. The maximum absolute atomic E-state index is 11.9. The molecule has 3 heteroatoms. The van der Waals surface area contributed by atoms with E-state index in [9.17, 15) is 10.0 Å². The second kappa shape index (κ2) is 12.3. The van der Waals surface area contributed by atoms with E-state index in [0.717, 1.165) is 19.3 Å². The molecule has 0 radical (unpaired) electrons. The van der Waals surface area contributed by atoms with Gasteiger partial charge in [-0.15, -0.1) is 0 Å². The second-order valence-corrected chi connectivity index (χ2v) is 6.30. The Morgan fingerprint density at radius 3 is 1.85 bits per heavy atom. The quantitative estimate of drug-likeness (QED) is 0.260. The van der Waals surface area contributed by atoms with Crippen LogP contribution < -0.4 is 0 Å². The lowest BCUT2D eigenvalue weighted by Crippen LogP contribution is -2.42. The topological polar surface area (TPSA) is 40.1 Å². The molecule has 0 heterocycles. The molecule has 1 unspecified atom stereocenters. The highest BCUT2D eigenvalue weighted by Gasteiger charge is 2.14. The van der Waals surface area contributed by atoms with Gasteiger partial charge < -0.3 is 9.85 Å². The number of unbranched alkanes of at least 4 members (excludes halogenated alkanes) is 8. The van der Waals surface area contributed by atoms with E-state index in [-0.39, 0.29) is 12.3 Å². The summed E-state index contributed by atoms with van der Waals surface area (Å²) in [6.45, 7) is 4.93. The van der Waals surface area contributed by atoms with Crippen LogP contribution in [0.15, 0.2) is 0 Å². The summed E-state index contributed by atoms with van der Waals surface area (Å²) in [5, 5.41) is 11.9. The average molecular weight is 285 g/mol. The summed E-state index contributed by atoms with van der Waals surface area (Å²) in [4.78, 5) is 11.7. The zero-order valence-electron chi connectivity index (χ0n) is 14.0. The first-order valence-electron chi connectivity index (χ1n) is 8.59. The molecule has 0 aliphatic carbocycles. The van der Waals surface area contributed by atoms with Gasteiger partial charge in [-0.25, -0.2) is 0 Å². The molecule has 0 aliphatic heterocycles. The lowest BCUT2D eigenvalue weighted by Gasteiger charge is -2.37. The molecule has 0 amide bonds. The van der Waals surface area contributed by atoms with Crippen molar-refractivity contribution in [3.05, 3.63) is 5.21 Å². The summed E-state index contributed by atoms with van der Waals surface area (Å²) in [5.74, 6) is 0.138. The number of Topliss-reactive ketones (excluding diaryl/α,β-unsaturated/α-hetero) is 1. The molecular weight excluding hydrogens is 250 g/mol. The number of hydroxylamine groups is 3. The van der Waals surface area contributed by atoms with Gasteiger partial charge in [-0.05, 0) is 12.8 Å². The highest BCUT2D eigenvalue weighted by molar-refractivity contribution is 5.79. The summed E-state index contributed by atoms with van der Waals surface area (Å²) in [6.07, 6.45) is 12.8. The van der Waals surface area contributed by atoms with Crippen molar-refractivity contribution < 1.29 is 9.44 Å². The lowest BCUT2D eigenvalue weighted by atomic mass is 10.1. The van der Waals surface area contributed by atoms with Crippen molar-refractivity contribution in [2.75, 3.05) is 20.1 Å². The molecule has 120 valence electrons. The SMILES string of the molecule is CCCCCCCCCCCC(=O)C[N+](C)([O-])CCC. The molecule has 0 rings (SSSR count). The third-order valence-electron chi connectivity index (χ3n) is 3.77. The molecule has 0 spiro atoms. The number of ketones is 1. The minimum absolute atomic E-state index is 0.138. The van der Waals surface area contributed by atoms with Crippen molar-refractivity contribution in [2.24, 2.45) is 0 Å². The van der Waals surface area contributed by atoms with Crippen molar-refractivity contribution in [3.63, 3.8) is 0 Å². The van der Waals surface area contributed by atoms with Crippen LogP contribution in [-0.4, -0.2) is 30.6 Å². The van der Waals surface area contributed by atoms with Crippen LogP contribution in [0.5, 0.6) is 0 Å². The number of likely N-dealkylation sites (N-methyl/N-ethyl adjacent to an activating group) is 1. The molecule has 0 N–H and O–H groups in total. The van der Waals surface area contributed by atoms with Gasteiger partial charge in [0, 0.05) is 6.42 Å². The number of carbonyl (C=O) groups excluding carboxylic acids is 1. The molecule has 0 aromatic carbocycles. The second-order valence-electron chi connectivity index (χ2n) is 6.30. The summed E-state index contributed by atoms with van der Waals surface area (Å²) >= 11 is 0. The fourth-order valence-electron chi connectivity index (χ4n) is 2.64. The van der Waals surface area contributed by atoms with Gasteiger partial charge in [0.2, 0.25) is 0 Å². The third-order valence-corrected chi connectivity index (χ3v) is 3.77. The Balaban J connectivity index is 3.40. The fraction of sp³-hybridized carbons (Fsp3) is 0.941. The zero-order valence-corrected chi connectivity index (χ0v) is 14.0. The average Bonchev–Trinajstić information content (AvgIpc) is 2.36. The monoisotopic (exact) mass is 285 g/mol. The molecule has 0 aromatic heterocycles. The molecule has 0 aromatic rings. The van der Waals surface area contributed by atoms with Crippen molar-refractivity contribution in [1.82, 2.24) is 0 Å². The van der Waals surface area contributed by atoms with E-state index in [1.54, 1.807) is 7.05 Å². The first-order chi connectivity index (χ1) is 9.52. The highest BCUT2D eigenvalue weighted by Crippen LogP contribution is 2.11. The maximum Gasteiger partial charge on any atom is 0.187 e. The van der Waals surface area contributed by atoms with E-state index in [1.165, 1.54) is 44.9 Å². The number of rotatable bonds is 14. The first kappa shape index (κ1) is 19.6. The Labute approximate surface area is 125 Å². The van der Waals surface area contributed by atoms with Gasteiger partial charge in [-0.2, -0.15) is 0 Å². The summed E-state index contributed by atoms with van der Waals surface area (Å²) in [6, 6.07) is 0. The van der Waals surface area contributed by atoms with Crippen LogP contribution in [0.1, 0.15) is 84.5 Å². The predicted octanol–water partition coefficient (Wildman–Crippen LogP) is 4.83. The van der Waals surface area contributed by atoms with Crippen LogP contribution in [0.3, 0.4) is 0 Å². The van der Waals surface area contributed by atoms with Crippen LogP contribution in [-0.2, 0) is 4.79 Å². The van der Waals surface area contributed by atoms with E-state index in [0.29, 0.717) is 13.0 Å². The smallest absolute Gasteiger partial charge is 0.187 e.